The SMILES string of the molecule is COc1ccc(NS(=O)(=O)c2ccc3c(c2)[C@@H](N2CCCCC2=O)[C@H](O)C(C)(C)O3)cc1. The Bertz CT molecular complexity index is 1110. The summed E-state index contributed by atoms with van der Waals surface area (Å²) in [5.74, 6) is 1.03. The minimum Gasteiger partial charge on any atom is -0.497 e. The number of carbonyl (C=O) groups is 1. The molecule has 2 aromatic rings. The van der Waals surface area contributed by atoms with Crippen LogP contribution in [0.5, 0.6) is 11.5 Å². The van der Waals surface area contributed by atoms with E-state index < -0.39 is 27.8 Å². The van der Waals surface area contributed by atoms with Crippen molar-refractivity contribution in [3.05, 3.63) is 48.0 Å². The molecule has 1 saturated heterocycles. The number of nitrogens with one attached hydrogen (secondary N) is 1. The monoisotopic (exact) mass is 460 g/mol. The lowest BCUT2D eigenvalue weighted by atomic mass is 9.84. The maximum atomic E-state index is 13.1. The Morgan fingerprint density at radius 1 is 1.16 bits per heavy atom. The minimum atomic E-state index is -3.91. The van der Waals surface area contributed by atoms with Crippen molar-refractivity contribution in [1.82, 2.24) is 4.90 Å². The topological polar surface area (TPSA) is 105 Å². The van der Waals surface area contributed by atoms with Gasteiger partial charge in [-0.25, -0.2) is 8.42 Å². The highest BCUT2D eigenvalue weighted by atomic mass is 32.2. The van der Waals surface area contributed by atoms with E-state index in [4.69, 9.17) is 9.47 Å². The molecule has 9 heteroatoms. The van der Waals surface area contributed by atoms with Gasteiger partial charge in [0.1, 0.15) is 23.2 Å². The molecule has 0 aliphatic carbocycles. The van der Waals surface area contributed by atoms with Gasteiger partial charge in [0.2, 0.25) is 5.91 Å². The fourth-order valence-corrected chi connectivity index (χ4v) is 5.34. The Hall–Kier alpha value is -2.78. The molecule has 2 atom stereocenters. The predicted molar refractivity (Wildman–Crippen MR) is 119 cm³/mol. The Labute approximate surface area is 188 Å². The van der Waals surface area contributed by atoms with Gasteiger partial charge < -0.3 is 19.5 Å². The Morgan fingerprint density at radius 3 is 2.53 bits per heavy atom. The summed E-state index contributed by atoms with van der Waals surface area (Å²) in [6.07, 6.45) is 1.05. The summed E-state index contributed by atoms with van der Waals surface area (Å²) in [6.45, 7) is 4.03. The third-order valence-electron chi connectivity index (χ3n) is 6.03. The molecule has 172 valence electrons. The number of hydrogen-bond acceptors (Lipinski definition) is 6. The lowest BCUT2D eigenvalue weighted by Gasteiger charge is -2.47. The van der Waals surface area contributed by atoms with Gasteiger partial charge in [-0.2, -0.15) is 0 Å². The number of amides is 1. The first-order valence-corrected chi connectivity index (χ1v) is 12.1. The van der Waals surface area contributed by atoms with Crippen LogP contribution in [-0.2, 0) is 14.8 Å². The van der Waals surface area contributed by atoms with E-state index in [0.717, 1.165) is 12.8 Å². The number of rotatable bonds is 5. The fourth-order valence-electron chi connectivity index (χ4n) is 4.24. The van der Waals surface area contributed by atoms with Crippen molar-refractivity contribution in [2.24, 2.45) is 0 Å². The standard InChI is InChI=1S/C23H28N2O6S/c1-23(2)22(27)21(25-13-5-4-6-20(25)26)18-14-17(11-12-19(18)31-23)32(28,29)24-15-7-9-16(30-3)10-8-15/h7-12,14,21-22,24,27H,4-6,13H2,1-3H3/t21-,22+/m1/s1. The minimum absolute atomic E-state index is 0.0250. The summed E-state index contributed by atoms with van der Waals surface area (Å²) in [5.41, 5.74) is -0.0506. The Balaban J connectivity index is 1.72. The van der Waals surface area contributed by atoms with Crippen LogP contribution in [0, 0.1) is 0 Å². The Kier molecular flexibility index (Phi) is 5.81. The van der Waals surface area contributed by atoms with Crippen molar-refractivity contribution in [3.8, 4) is 11.5 Å². The van der Waals surface area contributed by atoms with Crippen molar-refractivity contribution in [3.63, 3.8) is 0 Å². The smallest absolute Gasteiger partial charge is 0.261 e. The average molecular weight is 461 g/mol. The number of anilines is 1. The predicted octanol–water partition coefficient (Wildman–Crippen LogP) is 3.08. The molecule has 2 aromatic carbocycles. The zero-order valence-corrected chi connectivity index (χ0v) is 19.2. The van der Waals surface area contributed by atoms with Crippen LogP contribution < -0.4 is 14.2 Å². The molecule has 0 bridgehead atoms. The lowest BCUT2D eigenvalue weighted by Crippen LogP contribution is -2.55. The third kappa shape index (κ3) is 4.14. The molecule has 4 rings (SSSR count). The molecule has 0 radical (unpaired) electrons. The van der Waals surface area contributed by atoms with Crippen LogP contribution >= 0.6 is 0 Å². The van der Waals surface area contributed by atoms with Crippen molar-refractivity contribution < 1.29 is 27.8 Å². The molecule has 2 N–H and O–H groups in total. The van der Waals surface area contributed by atoms with E-state index in [0.29, 0.717) is 35.7 Å². The van der Waals surface area contributed by atoms with Gasteiger partial charge in [0.15, 0.2) is 0 Å². The molecule has 0 spiro atoms. The molecule has 0 unspecified atom stereocenters. The molecule has 1 amide bonds. The number of carbonyl (C=O) groups excluding carboxylic acids is 1. The van der Waals surface area contributed by atoms with E-state index in [9.17, 15) is 18.3 Å². The number of aliphatic hydroxyl groups excluding tert-OH is 1. The fraction of sp³-hybridized carbons (Fsp3) is 0.435. The molecular weight excluding hydrogens is 432 g/mol. The second-order valence-corrected chi connectivity index (χ2v) is 10.4. The zero-order valence-electron chi connectivity index (χ0n) is 18.4. The van der Waals surface area contributed by atoms with Crippen molar-refractivity contribution >= 4 is 21.6 Å². The average Bonchev–Trinajstić information content (AvgIpc) is 2.75. The second-order valence-electron chi connectivity index (χ2n) is 8.67. The first-order chi connectivity index (χ1) is 15.1. The lowest BCUT2D eigenvalue weighted by molar-refractivity contribution is -0.147. The summed E-state index contributed by atoms with van der Waals surface area (Å²) in [4.78, 5) is 14.4. The molecular formula is C23H28N2O6S. The van der Waals surface area contributed by atoms with Gasteiger partial charge in [0, 0.05) is 24.2 Å². The normalized spacial score (nSPS) is 22.6. The first kappa shape index (κ1) is 22.4. The van der Waals surface area contributed by atoms with Gasteiger partial charge in [-0.1, -0.05) is 0 Å². The number of sulfonamides is 1. The van der Waals surface area contributed by atoms with Crippen LogP contribution in [0.4, 0.5) is 5.69 Å². The molecule has 2 aliphatic heterocycles. The summed E-state index contributed by atoms with van der Waals surface area (Å²) in [7, 11) is -2.38. The van der Waals surface area contributed by atoms with Crippen molar-refractivity contribution in [2.75, 3.05) is 18.4 Å². The number of aliphatic hydroxyl groups is 1. The van der Waals surface area contributed by atoms with Crippen LogP contribution in [0.1, 0.15) is 44.7 Å². The number of ether oxygens (including phenoxy) is 2. The van der Waals surface area contributed by atoms with E-state index in [1.54, 1.807) is 49.1 Å². The number of fused-ring (bicyclic) bond motifs is 1. The summed E-state index contributed by atoms with van der Waals surface area (Å²) >= 11 is 0. The largest absolute Gasteiger partial charge is 0.497 e. The number of methoxy groups -OCH3 is 1. The van der Waals surface area contributed by atoms with Crippen LogP contribution in [0.25, 0.3) is 0 Å². The molecule has 0 saturated carbocycles. The quantitative estimate of drug-likeness (QED) is 0.711. The summed E-state index contributed by atoms with van der Waals surface area (Å²) < 4.78 is 39.8. The number of nitrogens with zero attached hydrogens (tertiary/aromatic N) is 1. The van der Waals surface area contributed by atoms with Crippen LogP contribution in [0.3, 0.4) is 0 Å². The third-order valence-corrected chi connectivity index (χ3v) is 7.41. The van der Waals surface area contributed by atoms with Gasteiger partial charge in [0.05, 0.1) is 18.0 Å². The maximum Gasteiger partial charge on any atom is 0.261 e. The highest BCUT2D eigenvalue weighted by Crippen LogP contribution is 2.44. The molecule has 2 heterocycles. The van der Waals surface area contributed by atoms with Crippen molar-refractivity contribution in [1.29, 1.82) is 0 Å². The van der Waals surface area contributed by atoms with Crippen LogP contribution in [-0.4, -0.2) is 49.7 Å². The highest BCUT2D eigenvalue weighted by Gasteiger charge is 2.47. The number of hydrogen-bond donors (Lipinski definition) is 2. The van der Waals surface area contributed by atoms with E-state index >= 15 is 0 Å². The van der Waals surface area contributed by atoms with E-state index in [1.807, 2.05) is 0 Å². The number of piperidine rings is 1. The molecule has 0 aromatic heterocycles. The van der Waals surface area contributed by atoms with Gasteiger partial charge in [-0.05, 0) is 69.2 Å². The van der Waals surface area contributed by atoms with Gasteiger partial charge in [-0.3, -0.25) is 9.52 Å². The number of benzene rings is 2. The first-order valence-electron chi connectivity index (χ1n) is 10.6. The van der Waals surface area contributed by atoms with Crippen LogP contribution in [0.2, 0.25) is 0 Å². The zero-order chi connectivity index (χ0) is 23.1. The molecule has 32 heavy (non-hydrogen) atoms. The number of likely N-dealkylation sites (tertiary alicyclic amines) is 1. The maximum absolute atomic E-state index is 13.1. The second kappa shape index (κ2) is 8.29. The van der Waals surface area contributed by atoms with E-state index in [-0.39, 0.29) is 10.8 Å². The van der Waals surface area contributed by atoms with Gasteiger partial charge in [0.25, 0.3) is 10.0 Å². The molecule has 8 nitrogen and oxygen atoms in total. The van der Waals surface area contributed by atoms with E-state index in [1.165, 1.54) is 19.2 Å². The van der Waals surface area contributed by atoms with E-state index in [2.05, 4.69) is 4.72 Å². The summed E-state index contributed by atoms with van der Waals surface area (Å²) in [5, 5.41) is 11.1. The summed E-state index contributed by atoms with van der Waals surface area (Å²) in [6, 6.07) is 10.4. The molecule has 1 fully saturated rings. The Morgan fingerprint density at radius 2 is 1.88 bits per heavy atom. The van der Waals surface area contributed by atoms with Gasteiger partial charge >= 0.3 is 0 Å². The van der Waals surface area contributed by atoms with Crippen LogP contribution in [0.15, 0.2) is 47.4 Å². The molecule has 2 aliphatic rings. The highest BCUT2D eigenvalue weighted by molar-refractivity contribution is 7.92. The van der Waals surface area contributed by atoms with Crippen molar-refractivity contribution in [2.45, 2.75) is 55.8 Å². The van der Waals surface area contributed by atoms with Gasteiger partial charge in [-0.15, -0.1) is 0 Å².